The largest absolute Gasteiger partial charge is 2.00 e. The van der Waals surface area contributed by atoms with Gasteiger partial charge in [-0.25, -0.2) is 0 Å². The summed E-state index contributed by atoms with van der Waals surface area (Å²) >= 11 is 0. The molecule has 0 atom stereocenters. The van der Waals surface area contributed by atoms with Crippen molar-refractivity contribution in [1.29, 1.82) is 0 Å². The zero-order valence-electron chi connectivity index (χ0n) is 6.25. The van der Waals surface area contributed by atoms with E-state index in [1.54, 1.807) is 0 Å². The minimum Gasteiger partial charge on any atom is -1.00 e. The van der Waals surface area contributed by atoms with E-state index in [0.29, 0.717) is 0 Å². The SMILES string of the molecule is [H-].[H-].[H-].[H-].[Hf].[Ir].[Sr+2].[Sr+2]. The first kappa shape index (κ1) is 23.6. The standard InChI is InChI=1S/Hf.Ir.2Sr.4H/q;;2*+2;4*-1. The molecule has 0 aromatic carbocycles. The van der Waals surface area contributed by atoms with Gasteiger partial charge < -0.3 is 5.71 Å². The first-order valence-electron chi connectivity index (χ1n) is 0. The Hall–Kier alpha value is 4.48. The van der Waals surface area contributed by atoms with E-state index in [0.717, 1.165) is 0 Å². The van der Waals surface area contributed by atoms with Crippen LogP contribution in [0.1, 0.15) is 5.71 Å². The second-order valence-corrected chi connectivity index (χ2v) is 0. The first-order chi connectivity index (χ1) is 0. The van der Waals surface area contributed by atoms with Crippen molar-refractivity contribution in [2.45, 2.75) is 0 Å². The van der Waals surface area contributed by atoms with Crippen LogP contribution in [-0.4, -0.2) is 91.0 Å². The van der Waals surface area contributed by atoms with E-state index in [9.17, 15) is 0 Å². The molecule has 0 aliphatic heterocycles. The van der Waals surface area contributed by atoms with Crippen LogP contribution in [0.2, 0.25) is 0 Å². The van der Waals surface area contributed by atoms with Gasteiger partial charge in [0.05, 0.1) is 0 Å². The molecule has 0 aromatic heterocycles. The average Bonchev–Trinajstić information content (AvgIpc) is 0. The minimum atomic E-state index is 0. The summed E-state index contributed by atoms with van der Waals surface area (Å²) < 4.78 is 0. The fourth-order valence-electron chi connectivity index (χ4n) is 0. The molecule has 4 heavy (non-hydrogen) atoms. The van der Waals surface area contributed by atoms with Crippen LogP contribution in [0.15, 0.2) is 0 Å². The molecule has 0 saturated carbocycles. The van der Waals surface area contributed by atoms with Crippen molar-refractivity contribution in [2.24, 2.45) is 0 Å². The van der Waals surface area contributed by atoms with E-state index in [1.807, 2.05) is 0 Å². The number of hydrogen-bond acceptors (Lipinski definition) is 0. The smallest absolute Gasteiger partial charge is 1.00 e. The Morgan fingerprint density at radius 3 is 1.00 bits per heavy atom. The molecule has 0 saturated heterocycles. The molecule has 0 aliphatic carbocycles. The maximum Gasteiger partial charge on any atom is 2.00 e. The van der Waals surface area contributed by atoms with Gasteiger partial charge in [0.25, 0.3) is 0 Å². The summed E-state index contributed by atoms with van der Waals surface area (Å²) in [6.07, 6.45) is 0. The molecule has 0 aromatic rings. The summed E-state index contributed by atoms with van der Waals surface area (Å²) in [4.78, 5) is 0. The predicted molar refractivity (Wildman–Crippen MR) is 16.0 cm³/mol. The van der Waals surface area contributed by atoms with Gasteiger partial charge in [0.1, 0.15) is 0 Å². The second-order valence-electron chi connectivity index (χ2n) is 0. The fourth-order valence-corrected chi connectivity index (χ4v) is 0. The summed E-state index contributed by atoms with van der Waals surface area (Å²) in [5.41, 5.74) is 0. The molecule has 0 amide bonds. The number of hydrogen-bond donors (Lipinski definition) is 0. The van der Waals surface area contributed by atoms with Gasteiger partial charge in [0, 0.05) is 45.9 Å². The zero-order valence-corrected chi connectivity index (χ0v) is 15.2. The fraction of sp³-hybridized carbons (Fsp3) is 0. The minimum absolute atomic E-state index is 0. The maximum atomic E-state index is 0. The Kier molecular flexibility index (Phi) is 92.5. The van der Waals surface area contributed by atoms with Gasteiger partial charge in [-0.15, -0.1) is 0 Å². The Morgan fingerprint density at radius 1 is 1.00 bits per heavy atom. The summed E-state index contributed by atoms with van der Waals surface area (Å²) in [5.74, 6) is 0. The van der Waals surface area contributed by atoms with Crippen molar-refractivity contribution in [1.82, 2.24) is 0 Å². The molecule has 21 valence electrons. The van der Waals surface area contributed by atoms with Crippen LogP contribution in [0.4, 0.5) is 0 Å². The Labute approximate surface area is 138 Å². The van der Waals surface area contributed by atoms with Crippen LogP contribution in [0.25, 0.3) is 0 Å². The van der Waals surface area contributed by atoms with Gasteiger partial charge in [-0.2, -0.15) is 0 Å². The molecule has 0 rings (SSSR count). The second kappa shape index (κ2) is 15.6. The van der Waals surface area contributed by atoms with E-state index in [4.69, 9.17) is 0 Å². The third kappa shape index (κ3) is 9.70. The molecule has 0 spiro atoms. The molecule has 0 N–H and O–H groups in total. The van der Waals surface area contributed by atoms with Crippen molar-refractivity contribution in [3.8, 4) is 0 Å². The van der Waals surface area contributed by atoms with E-state index in [2.05, 4.69) is 0 Å². The number of rotatable bonds is 0. The maximum absolute atomic E-state index is 0. The Morgan fingerprint density at radius 2 is 1.00 bits per heavy atom. The van der Waals surface area contributed by atoms with E-state index in [-0.39, 0.29) is 143 Å². The molecule has 0 heterocycles. The van der Waals surface area contributed by atoms with Crippen molar-refractivity contribution in [2.75, 3.05) is 0 Å². The molecule has 0 bridgehead atoms. The van der Waals surface area contributed by atoms with Gasteiger partial charge in [0.15, 0.2) is 0 Å². The summed E-state index contributed by atoms with van der Waals surface area (Å²) in [7, 11) is 0. The van der Waals surface area contributed by atoms with Crippen LogP contribution >= 0.6 is 0 Å². The average molecular weight is 550 g/mol. The van der Waals surface area contributed by atoms with Crippen LogP contribution in [0.5, 0.6) is 0 Å². The van der Waals surface area contributed by atoms with Crippen molar-refractivity contribution >= 4 is 91.0 Å². The normalized spacial score (nSPS) is 0. The monoisotopic (exact) mass is 553 g/mol. The van der Waals surface area contributed by atoms with Gasteiger partial charge >= 0.3 is 91.0 Å². The van der Waals surface area contributed by atoms with Crippen molar-refractivity contribution in [3.63, 3.8) is 0 Å². The molecule has 0 unspecified atom stereocenters. The molecular formula is H4HfIrSr2. The van der Waals surface area contributed by atoms with Crippen molar-refractivity contribution in [3.05, 3.63) is 0 Å². The molecule has 0 aliphatic rings. The van der Waals surface area contributed by atoms with Crippen molar-refractivity contribution < 1.29 is 51.7 Å². The quantitative estimate of drug-likeness (QED) is 0.364. The van der Waals surface area contributed by atoms with E-state index in [1.165, 1.54) is 0 Å². The molecule has 0 nitrogen and oxygen atoms in total. The molecule has 0 fully saturated rings. The molecular weight excluding hydrogens is 546 g/mol. The van der Waals surface area contributed by atoms with Crippen LogP contribution < -0.4 is 0 Å². The first-order valence-corrected chi connectivity index (χ1v) is 0. The van der Waals surface area contributed by atoms with Crippen LogP contribution in [0.3, 0.4) is 0 Å². The zero-order chi connectivity index (χ0) is 0. The van der Waals surface area contributed by atoms with Gasteiger partial charge in [-0.3, -0.25) is 0 Å². The summed E-state index contributed by atoms with van der Waals surface area (Å²) in [6, 6.07) is 0. The third-order valence-corrected chi connectivity index (χ3v) is 0. The van der Waals surface area contributed by atoms with Gasteiger partial charge in [-0.1, -0.05) is 0 Å². The topological polar surface area (TPSA) is 0 Å². The van der Waals surface area contributed by atoms with Gasteiger partial charge in [-0.05, 0) is 0 Å². The summed E-state index contributed by atoms with van der Waals surface area (Å²) in [5, 5.41) is 0. The van der Waals surface area contributed by atoms with E-state index >= 15 is 0 Å². The van der Waals surface area contributed by atoms with Crippen LogP contribution in [-0.2, 0) is 45.9 Å². The Bertz CT molecular complexity index is 14.0. The van der Waals surface area contributed by atoms with Crippen LogP contribution in [0, 0.1) is 0 Å². The van der Waals surface area contributed by atoms with E-state index < -0.39 is 0 Å². The molecule has 1 radical (unpaired) electrons. The third-order valence-electron chi connectivity index (χ3n) is 0. The predicted octanol–water partition coefficient (Wildman–Crippen LogP) is -0.317. The Balaban J connectivity index is 0. The van der Waals surface area contributed by atoms with Gasteiger partial charge in [0.2, 0.25) is 0 Å². The summed E-state index contributed by atoms with van der Waals surface area (Å²) in [6.45, 7) is 0. The molecule has 4 heteroatoms.